The molecular formula is C13H23N3. The first-order valence-corrected chi connectivity index (χ1v) is 6.51. The minimum absolute atomic E-state index is 0.351. The Hall–Kier alpha value is -0.590. The van der Waals surface area contributed by atoms with Crippen molar-refractivity contribution >= 4 is 0 Å². The van der Waals surface area contributed by atoms with Gasteiger partial charge in [0, 0.05) is 19.1 Å². The van der Waals surface area contributed by atoms with Gasteiger partial charge in [-0.3, -0.25) is 0 Å². The molecule has 0 radical (unpaired) electrons. The van der Waals surface area contributed by atoms with Gasteiger partial charge >= 0.3 is 0 Å². The maximum Gasteiger partial charge on any atom is 0.104 e. The van der Waals surface area contributed by atoms with Crippen molar-refractivity contribution in [3.63, 3.8) is 0 Å². The van der Waals surface area contributed by atoms with E-state index in [1.54, 1.807) is 0 Å². The summed E-state index contributed by atoms with van der Waals surface area (Å²) in [7, 11) is 1.88. The fourth-order valence-electron chi connectivity index (χ4n) is 2.10. The number of hydrogen-bond donors (Lipinski definition) is 1. The maximum atomic E-state index is 9.12. The molecular weight excluding hydrogens is 198 g/mol. The van der Waals surface area contributed by atoms with Crippen LogP contribution in [0.2, 0.25) is 0 Å². The molecule has 3 nitrogen and oxygen atoms in total. The Balaban J connectivity index is 1.78. The molecule has 3 heteroatoms. The lowest BCUT2D eigenvalue weighted by atomic mass is 10.00. The molecule has 0 aromatic rings. The first-order valence-electron chi connectivity index (χ1n) is 6.51. The number of hydrogen-bond acceptors (Lipinski definition) is 3. The van der Waals surface area contributed by atoms with Crippen molar-refractivity contribution in [3.05, 3.63) is 0 Å². The Bertz CT molecular complexity index is 275. The highest BCUT2D eigenvalue weighted by Gasteiger charge is 2.34. The van der Waals surface area contributed by atoms with Gasteiger partial charge in [-0.2, -0.15) is 5.26 Å². The average molecular weight is 221 g/mol. The molecule has 0 spiro atoms. The zero-order chi connectivity index (χ0) is 11.6. The molecule has 1 unspecified atom stereocenters. The van der Waals surface area contributed by atoms with Crippen molar-refractivity contribution in [2.45, 2.75) is 50.6 Å². The zero-order valence-corrected chi connectivity index (χ0v) is 10.5. The van der Waals surface area contributed by atoms with Crippen LogP contribution in [0.5, 0.6) is 0 Å². The third kappa shape index (κ3) is 3.20. The standard InChI is InChI=1S/C13H23N3/c1-13(10-14,15-2)7-8-16(12-5-6-12)9-11-3-4-11/h11-12,15H,3-9H2,1-2H3. The van der Waals surface area contributed by atoms with Crippen LogP contribution in [0.25, 0.3) is 0 Å². The average Bonchev–Trinajstić information content (AvgIpc) is 3.16. The Morgan fingerprint density at radius 3 is 2.50 bits per heavy atom. The van der Waals surface area contributed by atoms with E-state index in [9.17, 15) is 0 Å². The second-order valence-electron chi connectivity index (χ2n) is 5.61. The molecule has 0 aromatic heterocycles. The summed E-state index contributed by atoms with van der Waals surface area (Å²) in [4.78, 5) is 2.62. The van der Waals surface area contributed by atoms with Crippen LogP contribution in [0.1, 0.15) is 39.0 Å². The van der Waals surface area contributed by atoms with E-state index in [2.05, 4.69) is 16.3 Å². The Morgan fingerprint density at radius 2 is 2.06 bits per heavy atom. The van der Waals surface area contributed by atoms with Gasteiger partial charge in [0.15, 0.2) is 0 Å². The third-order valence-electron chi connectivity index (χ3n) is 3.95. The van der Waals surface area contributed by atoms with Gasteiger partial charge in [-0.1, -0.05) is 0 Å². The molecule has 0 saturated heterocycles. The van der Waals surface area contributed by atoms with Crippen molar-refractivity contribution in [2.75, 3.05) is 20.1 Å². The van der Waals surface area contributed by atoms with E-state index in [0.717, 1.165) is 24.9 Å². The fraction of sp³-hybridized carbons (Fsp3) is 0.923. The van der Waals surface area contributed by atoms with E-state index < -0.39 is 0 Å². The Kier molecular flexibility index (Phi) is 3.51. The molecule has 0 amide bonds. The zero-order valence-electron chi connectivity index (χ0n) is 10.5. The highest BCUT2D eigenvalue weighted by Crippen LogP contribution is 2.35. The van der Waals surface area contributed by atoms with Crippen LogP contribution in [0.15, 0.2) is 0 Å². The Labute approximate surface area is 98.8 Å². The second-order valence-corrected chi connectivity index (χ2v) is 5.61. The number of rotatable bonds is 7. The topological polar surface area (TPSA) is 39.1 Å². The molecule has 2 aliphatic carbocycles. The van der Waals surface area contributed by atoms with Crippen molar-refractivity contribution in [3.8, 4) is 6.07 Å². The number of nitriles is 1. The van der Waals surface area contributed by atoms with Crippen LogP contribution in [0.4, 0.5) is 0 Å². The van der Waals surface area contributed by atoms with E-state index in [4.69, 9.17) is 5.26 Å². The molecule has 0 aliphatic heterocycles. The summed E-state index contributed by atoms with van der Waals surface area (Å²) in [5.41, 5.74) is -0.351. The SMILES string of the molecule is CNC(C)(C#N)CCN(CC1CC1)C1CC1. The molecule has 2 rings (SSSR count). The van der Waals surface area contributed by atoms with Gasteiger partial charge < -0.3 is 10.2 Å². The summed E-state index contributed by atoms with van der Waals surface area (Å²) in [6.07, 6.45) is 6.52. The summed E-state index contributed by atoms with van der Waals surface area (Å²) < 4.78 is 0. The summed E-state index contributed by atoms with van der Waals surface area (Å²) in [5, 5.41) is 12.2. The highest BCUT2D eigenvalue weighted by atomic mass is 15.2. The summed E-state index contributed by atoms with van der Waals surface area (Å²) >= 11 is 0. The minimum atomic E-state index is -0.351. The van der Waals surface area contributed by atoms with Crippen LogP contribution in [0, 0.1) is 17.2 Å². The van der Waals surface area contributed by atoms with E-state index in [0.29, 0.717) is 0 Å². The summed E-state index contributed by atoms with van der Waals surface area (Å²) in [5.74, 6) is 0.962. The maximum absolute atomic E-state index is 9.12. The molecule has 16 heavy (non-hydrogen) atoms. The van der Waals surface area contributed by atoms with E-state index in [1.165, 1.54) is 32.2 Å². The van der Waals surface area contributed by atoms with Crippen LogP contribution in [0.3, 0.4) is 0 Å². The van der Waals surface area contributed by atoms with Gasteiger partial charge in [-0.25, -0.2) is 0 Å². The van der Waals surface area contributed by atoms with Gasteiger partial charge in [-0.15, -0.1) is 0 Å². The van der Waals surface area contributed by atoms with Gasteiger partial charge in [0.25, 0.3) is 0 Å². The molecule has 2 saturated carbocycles. The fourth-order valence-corrected chi connectivity index (χ4v) is 2.10. The third-order valence-corrected chi connectivity index (χ3v) is 3.95. The molecule has 0 bridgehead atoms. The predicted octanol–water partition coefficient (Wildman–Crippen LogP) is 1.75. The summed E-state index contributed by atoms with van der Waals surface area (Å²) in [6.45, 7) is 4.34. The van der Waals surface area contributed by atoms with Crippen LogP contribution in [-0.2, 0) is 0 Å². The molecule has 0 heterocycles. The van der Waals surface area contributed by atoms with Gasteiger partial charge in [0.1, 0.15) is 5.54 Å². The summed E-state index contributed by atoms with van der Waals surface area (Å²) in [6, 6.07) is 3.21. The van der Waals surface area contributed by atoms with Crippen LogP contribution >= 0.6 is 0 Å². The normalized spacial score (nSPS) is 24.1. The smallest absolute Gasteiger partial charge is 0.104 e. The monoisotopic (exact) mass is 221 g/mol. The minimum Gasteiger partial charge on any atom is -0.303 e. The molecule has 90 valence electrons. The lowest BCUT2D eigenvalue weighted by Crippen LogP contribution is -2.42. The van der Waals surface area contributed by atoms with Crippen molar-refractivity contribution in [1.29, 1.82) is 5.26 Å². The van der Waals surface area contributed by atoms with Crippen molar-refractivity contribution in [1.82, 2.24) is 10.2 Å². The Morgan fingerprint density at radius 1 is 1.38 bits per heavy atom. The lowest BCUT2D eigenvalue weighted by molar-refractivity contribution is 0.230. The number of nitrogens with zero attached hydrogens (tertiary/aromatic N) is 2. The van der Waals surface area contributed by atoms with E-state index in [-0.39, 0.29) is 5.54 Å². The van der Waals surface area contributed by atoms with Gasteiger partial charge in [0.05, 0.1) is 6.07 Å². The van der Waals surface area contributed by atoms with Gasteiger partial charge in [-0.05, 0) is 52.0 Å². The quantitative estimate of drug-likeness (QED) is 0.712. The van der Waals surface area contributed by atoms with Crippen molar-refractivity contribution in [2.24, 2.45) is 5.92 Å². The highest BCUT2D eigenvalue weighted by molar-refractivity contribution is 5.03. The molecule has 1 atom stereocenters. The number of nitrogens with one attached hydrogen (secondary N) is 1. The second kappa shape index (κ2) is 4.73. The first kappa shape index (κ1) is 11.9. The first-order chi connectivity index (χ1) is 7.67. The lowest BCUT2D eigenvalue weighted by Gasteiger charge is -2.27. The van der Waals surface area contributed by atoms with E-state index in [1.807, 2.05) is 14.0 Å². The molecule has 2 aliphatic rings. The van der Waals surface area contributed by atoms with Gasteiger partial charge in [0.2, 0.25) is 0 Å². The predicted molar refractivity (Wildman–Crippen MR) is 65.0 cm³/mol. The molecule has 2 fully saturated rings. The molecule has 1 N–H and O–H groups in total. The van der Waals surface area contributed by atoms with Crippen LogP contribution in [-0.4, -0.2) is 36.6 Å². The van der Waals surface area contributed by atoms with Crippen molar-refractivity contribution < 1.29 is 0 Å². The largest absolute Gasteiger partial charge is 0.303 e. The molecule has 0 aromatic carbocycles. The van der Waals surface area contributed by atoms with E-state index >= 15 is 0 Å². The van der Waals surface area contributed by atoms with Crippen LogP contribution < -0.4 is 5.32 Å².